The highest BCUT2D eigenvalue weighted by Gasteiger charge is 2.54. The first-order chi connectivity index (χ1) is 23.4. The smallest absolute Gasteiger partial charge is 0.350 e. The zero-order valence-electron chi connectivity index (χ0n) is 29.0. The number of epoxide rings is 1. The highest BCUT2D eigenvalue weighted by atomic mass is 16.9. The first-order valence-corrected chi connectivity index (χ1v) is 17.0. The molecule has 0 N–H and O–H groups in total. The molecule has 49 heavy (non-hydrogen) atoms. The fourth-order valence-corrected chi connectivity index (χ4v) is 6.50. The fourth-order valence-electron chi connectivity index (χ4n) is 6.50. The third-order valence-corrected chi connectivity index (χ3v) is 9.61. The molecule has 0 bridgehead atoms. The van der Waals surface area contributed by atoms with Gasteiger partial charge in [-0.05, 0) is 110 Å². The standard InChI is InChI=1S/C40H44O9/c1-25(7-12-34-38(3,4)47-34)16-20-42-28-10-9-27-15-19-40(46-31(27)23-28)48-35(39(5,6)49-40)13-8-26(2)17-21-44-37-29-11-14-36(41)45-33(29)24-32-30(37)18-22-43-32/h9-11,14-19,22-24,34-35H,7-8,12-13,20-21H2,1-6H3/b25-16+,26-17+/t34?,35-,40+/m1/s1. The molecule has 7 rings (SSSR count). The van der Waals surface area contributed by atoms with Crippen molar-refractivity contribution in [1.82, 2.24) is 0 Å². The normalized spacial score (nSPS) is 24.0. The average Bonchev–Trinajstić information content (AvgIpc) is 3.31. The summed E-state index contributed by atoms with van der Waals surface area (Å²) in [6.07, 6.45) is 13.3. The maximum atomic E-state index is 11.8. The molecule has 2 aromatic carbocycles. The van der Waals surface area contributed by atoms with Gasteiger partial charge in [0, 0.05) is 29.8 Å². The van der Waals surface area contributed by atoms with Crippen molar-refractivity contribution in [2.24, 2.45) is 0 Å². The molecule has 3 aliphatic rings. The second kappa shape index (κ2) is 12.9. The minimum Gasteiger partial charge on any atom is -0.489 e. The maximum Gasteiger partial charge on any atom is 0.350 e. The number of benzene rings is 2. The quantitative estimate of drug-likeness (QED) is 0.0832. The molecule has 258 valence electrons. The van der Waals surface area contributed by atoms with Crippen molar-refractivity contribution in [3.63, 3.8) is 0 Å². The third kappa shape index (κ3) is 7.20. The number of fused-ring (bicyclic) bond motifs is 3. The molecule has 0 saturated carbocycles. The van der Waals surface area contributed by atoms with E-state index < -0.39 is 17.2 Å². The second-order valence-corrected chi connectivity index (χ2v) is 14.3. The van der Waals surface area contributed by atoms with E-state index in [0.29, 0.717) is 42.0 Å². The highest BCUT2D eigenvalue weighted by Crippen LogP contribution is 2.45. The third-order valence-electron chi connectivity index (χ3n) is 9.61. The first kappa shape index (κ1) is 33.2. The number of hydrogen-bond donors (Lipinski definition) is 0. The van der Waals surface area contributed by atoms with E-state index in [9.17, 15) is 4.79 Å². The van der Waals surface area contributed by atoms with Gasteiger partial charge in [0.2, 0.25) is 0 Å². The summed E-state index contributed by atoms with van der Waals surface area (Å²) in [5.74, 6) is 0.681. The molecule has 0 aliphatic carbocycles. The van der Waals surface area contributed by atoms with Gasteiger partial charge in [0.05, 0.1) is 40.4 Å². The van der Waals surface area contributed by atoms with Crippen LogP contribution in [-0.4, -0.2) is 42.6 Å². The topological polar surface area (TPSA) is 102 Å². The summed E-state index contributed by atoms with van der Waals surface area (Å²) in [5.41, 5.74) is 3.41. The zero-order valence-corrected chi connectivity index (χ0v) is 29.0. The average molecular weight is 669 g/mol. The second-order valence-electron chi connectivity index (χ2n) is 14.3. The Labute approximate surface area is 286 Å². The molecule has 2 aromatic heterocycles. The molecule has 1 unspecified atom stereocenters. The van der Waals surface area contributed by atoms with Crippen LogP contribution in [0.1, 0.15) is 72.8 Å². The predicted octanol–water partition coefficient (Wildman–Crippen LogP) is 8.88. The molecule has 0 radical (unpaired) electrons. The van der Waals surface area contributed by atoms with Gasteiger partial charge in [0.15, 0.2) is 0 Å². The maximum absolute atomic E-state index is 11.8. The van der Waals surface area contributed by atoms with E-state index in [1.54, 1.807) is 18.4 Å². The van der Waals surface area contributed by atoms with Crippen molar-refractivity contribution in [3.8, 4) is 17.2 Å². The largest absolute Gasteiger partial charge is 0.489 e. The van der Waals surface area contributed by atoms with E-state index in [1.807, 2.05) is 50.3 Å². The van der Waals surface area contributed by atoms with Gasteiger partial charge in [-0.1, -0.05) is 11.1 Å². The Bertz CT molecular complexity index is 2010. The van der Waals surface area contributed by atoms with Gasteiger partial charge in [-0.15, -0.1) is 0 Å². The van der Waals surface area contributed by atoms with E-state index in [0.717, 1.165) is 53.3 Å². The number of furan rings is 1. The van der Waals surface area contributed by atoms with Crippen LogP contribution in [0.3, 0.4) is 0 Å². The molecule has 5 heterocycles. The zero-order chi connectivity index (χ0) is 34.4. The molecule has 2 saturated heterocycles. The Balaban J connectivity index is 0.939. The summed E-state index contributed by atoms with van der Waals surface area (Å²) < 4.78 is 48.2. The molecule has 1 spiro atoms. The summed E-state index contributed by atoms with van der Waals surface area (Å²) in [6, 6.07) is 12.5. The van der Waals surface area contributed by atoms with E-state index in [1.165, 1.54) is 11.6 Å². The highest BCUT2D eigenvalue weighted by molar-refractivity contribution is 6.01. The van der Waals surface area contributed by atoms with Gasteiger partial charge in [-0.2, -0.15) is 0 Å². The van der Waals surface area contributed by atoms with Crippen LogP contribution >= 0.6 is 0 Å². The minimum absolute atomic E-state index is 0.0251. The lowest BCUT2D eigenvalue weighted by molar-refractivity contribution is -0.270. The monoisotopic (exact) mass is 668 g/mol. The van der Waals surface area contributed by atoms with Crippen LogP contribution in [0.4, 0.5) is 0 Å². The predicted molar refractivity (Wildman–Crippen MR) is 187 cm³/mol. The van der Waals surface area contributed by atoms with Gasteiger partial charge in [0.25, 0.3) is 0 Å². The van der Waals surface area contributed by atoms with Crippen molar-refractivity contribution < 1.29 is 37.3 Å². The summed E-state index contributed by atoms with van der Waals surface area (Å²) in [6.45, 7) is 13.4. The van der Waals surface area contributed by atoms with Gasteiger partial charge in [-0.3, -0.25) is 0 Å². The molecule has 3 atom stereocenters. The lowest BCUT2D eigenvalue weighted by atomic mass is 9.96. The molecule has 2 fully saturated rings. The number of allylic oxidation sites excluding steroid dienone is 2. The summed E-state index contributed by atoms with van der Waals surface area (Å²) in [4.78, 5) is 11.8. The molecule has 0 amide bonds. The van der Waals surface area contributed by atoms with Crippen LogP contribution in [0.2, 0.25) is 0 Å². The van der Waals surface area contributed by atoms with Crippen molar-refractivity contribution >= 4 is 28.0 Å². The Kier molecular flexibility index (Phi) is 8.71. The summed E-state index contributed by atoms with van der Waals surface area (Å²) in [5, 5.41) is 1.54. The summed E-state index contributed by atoms with van der Waals surface area (Å²) in [7, 11) is 0. The lowest BCUT2D eigenvalue weighted by Gasteiger charge is -2.30. The van der Waals surface area contributed by atoms with Crippen LogP contribution in [0.5, 0.6) is 17.2 Å². The van der Waals surface area contributed by atoms with E-state index >= 15 is 0 Å². The molecular weight excluding hydrogens is 624 g/mol. The first-order valence-electron chi connectivity index (χ1n) is 17.0. The van der Waals surface area contributed by atoms with Gasteiger partial charge in [-0.25, -0.2) is 4.79 Å². The molecule has 3 aliphatic heterocycles. The van der Waals surface area contributed by atoms with E-state index in [2.05, 4.69) is 39.8 Å². The lowest BCUT2D eigenvalue weighted by Crippen LogP contribution is -2.38. The Morgan fingerprint density at radius 3 is 2.24 bits per heavy atom. The van der Waals surface area contributed by atoms with Crippen molar-refractivity contribution in [2.45, 2.75) is 96.6 Å². The van der Waals surface area contributed by atoms with E-state index in [-0.39, 0.29) is 11.7 Å². The SMILES string of the molecule is C/C(=C\COc1ccc2c(c1)O[C@@]1(C=C2)O[C@H](CC/C(C)=C/COc2c3ccoc3cc3oc(=O)ccc23)C(C)(C)O1)CCC1OC1(C)C. The van der Waals surface area contributed by atoms with Crippen LogP contribution in [-0.2, 0) is 14.2 Å². The Morgan fingerprint density at radius 2 is 1.51 bits per heavy atom. The van der Waals surface area contributed by atoms with Crippen molar-refractivity contribution in [2.75, 3.05) is 13.2 Å². The van der Waals surface area contributed by atoms with Gasteiger partial charge in [0.1, 0.15) is 41.6 Å². The molecule has 9 heteroatoms. The summed E-state index contributed by atoms with van der Waals surface area (Å²) >= 11 is 0. The number of hydrogen-bond acceptors (Lipinski definition) is 9. The van der Waals surface area contributed by atoms with Gasteiger partial charge < -0.3 is 37.3 Å². The van der Waals surface area contributed by atoms with Crippen molar-refractivity contribution in [3.05, 3.63) is 94.1 Å². The number of ether oxygens (including phenoxy) is 6. The minimum atomic E-state index is -1.31. The molecule has 9 nitrogen and oxygen atoms in total. The number of rotatable bonds is 12. The Hall–Kier alpha value is -4.31. The Morgan fingerprint density at radius 1 is 0.816 bits per heavy atom. The van der Waals surface area contributed by atoms with Crippen molar-refractivity contribution in [1.29, 1.82) is 0 Å². The van der Waals surface area contributed by atoms with Crippen LogP contribution in [0.25, 0.3) is 28.0 Å². The van der Waals surface area contributed by atoms with E-state index in [4.69, 9.17) is 37.3 Å². The fraction of sp³-hybridized carbons (Fsp3) is 0.425. The van der Waals surface area contributed by atoms with Crippen LogP contribution < -0.4 is 19.8 Å². The van der Waals surface area contributed by atoms with Gasteiger partial charge >= 0.3 is 11.6 Å². The van der Waals surface area contributed by atoms with Crippen LogP contribution in [0, 0.1) is 0 Å². The molecule has 4 aromatic rings. The molecular formula is C40H44O9. The van der Waals surface area contributed by atoms with Crippen LogP contribution in [0.15, 0.2) is 91.7 Å².